The first-order chi connectivity index (χ1) is 20.3. The standard InChI is InChI=1S/C40H22O/c1-2-9-28-24-39-38(23-27(28)8-1)36-15-7-14-30(40(36)41-39)26-18-16-25(17-19-26)29-20-21-35-33-12-4-3-10-31(33)32-11-5-6-13-34(32)37(35)22-29/h2-7,9-24H. The SMILES string of the molecule is c1ccc2cc3oc4c(-c5ccc(-c6ccc7c8ccccc8c8ccccc8c7c6)cc5)cccc4c3cc2c#1. The lowest BCUT2D eigenvalue weighted by molar-refractivity contribution is 0.670. The highest BCUT2D eigenvalue weighted by atomic mass is 16.3. The van der Waals surface area contributed by atoms with E-state index >= 15 is 0 Å². The summed E-state index contributed by atoms with van der Waals surface area (Å²) in [6.45, 7) is 0. The van der Waals surface area contributed by atoms with E-state index in [2.05, 4.69) is 140 Å². The number of para-hydroxylation sites is 1. The Balaban J connectivity index is 1.18. The van der Waals surface area contributed by atoms with Crippen molar-refractivity contribution < 1.29 is 4.42 Å². The smallest absolute Gasteiger partial charge is 0.143 e. The Morgan fingerprint density at radius 1 is 0.439 bits per heavy atom. The highest BCUT2D eigenvalue weighted by Crippen LogP contribution is 2.39. The molecule has 41 heavy (non-hydrogen) atoms. The fourth-order valence-corrected chi connectivity index (χ4v) is 6.51. The summed E-state index contributed by atoms with van der Waals surface area (Å²) in [5.74, 6) is 0. The van der Waals surface area contributed by atoms with Crippen LogP contribution in [0.2, 0.25) is 0 Å². The van der Waals surface area contributed by atoms with Crippen LogP contribution in [0.1, 0.15) is 0 Å². The summed E-state index contributed by atoms with van der Waals surface area (Å²) in [5, 5.41) is 12.2. The van der Waals surface area contributed by atoms with Gasteiger partial charge in [0.25, 0.3) is 0 Å². The second-order valence-electron chi connectivity index (χ2n) is 10.8. The Hall–Kier alpha value is -5.58. The summed E-state index contributed by atoms with van der Waals surface area (Å²) in [5.41, 5.74) is 6.46. The summed E-state index contributed by atoms with van der Waals surface area (Å²) in [7, 11) is 0. The van der Waals surface area contributed by atoms with Crippen molar-refractivity contribution in [3.05, 3.63) is 146 Å². The highest BCUT2D eigenvalue weighted by molar-refractivity contribution is 6.25. The second-order valence-corrected chi connectivity index (χ2v) is 10.8. The molecular formula is C40H22O. The van der Waals surface area contributed by atoms with Crippen molar-refractivity contribution in [1.29, 1.82) is 0 Å². The molecule has 0 saturated carbocycles. The fraction of sp³-hybridized carbons (Fsp3) is 0. The molecule has 0 unspecified atom stereocenters. The fourth-order valence-electron chi connectivity index (χ4n) is 6.51. The lowest BCUT2D eigenvalue weighted by Crippen LogP contribution is -1.85. The van der Waals surface area contributed by atoms with Gasteiger partial charge in [-0.25, -0.2) is 0 Å². The summed E-state index contributed by atoms with van der Waals surface area (Å²) in [6.07, 6.45) is 0. The molecular weight excluding hydrogens is 496 g/mol. The molecule has 1 heteroatoms. The van der Waals surface area contributed by atoms with Gasteiger partial charge in [-0.3, -0.25) is 0 Å². The second kappa shape index (κ2) is 8.46. The van der Waals surface area contributed by atoms with Crippen LogP contribution in [0.4, 0.5) is 0 Å². The number of hydrogen-bond donors (Lipinski definition) is 0. The Morgan fingerprint density at radius 2 is 1.07 bits per heavy atom. The van der Waals surface area contributed by atoms with Crippen LogP contribution < -0.4 is 0 Å². The number of rotatable bonds is 2. The van der Waals surface area contributed by atoms with E-state index in [4.69, 9.17) is 4.42 Å². The van der Waals surface area contributed by atoms with Crippen LogP contribution in [0.15, 0.2) is 138 Å². The minimum Gasteiger partial charge on any atom is -0.455 e. The molecule has 8 aromatic carbocycles. The molecule has 1 nitrogen and oxygen atoms in total. The van der Waals surface area contributed by atoms with E-state index in [-0.39, 0.29) is 0 Å². The molecule has 188 valence electrons. The average molecular weight is 519 g/mol. The molecule has 0 N–H and O–H groups in total. The molecule has 1 heterocycles. The molecule has 0 saturated heterocycles. The average Bonchev–Trinajstić information content (AvgIpc) is 3.41. The molecule has 0 radical (unpaired) electrons. The van der Waals surface area contributed by atoms with E-state index < -0.39 is 0 Å². The van der Waals surface area contributed by atoms with Crippen LogP contribution in [0, 0.1) is 12.1 Å². The largest absolute Gasteiger partial charge is 0.455 e. The summed E-state index contributed by atoms with van der Waals surface area (Å²) < 4.78 is 6.46. The van der Waals surface area contributed by atoms with Crippen molar-refractivity contribution in [1.82, 2.24) is 0 Å². The van der Waals surface area contributed by atoms with Gasteiger partial charge in [0.05, 0.1) is 0 Å². The maximum absolute atomic E-state index is 6.46. The Kier molecular flexibility index (Phi) is 4.59. The zero-order valence-corrected chi connectivity index (χ0v) is 22.1. The van der Waals surface area contributed by atoms with Crippen LogP contribution in [-0.2, 0) is 0 Å². The molecule has 9 aromatic rings. The predicted molar refractivity (Wildman–Crippen MR) is 172 cm³/mol. The third-order valence-electron chi connectivity index (χ3n) is 8.50. The first kappa shape index (κ1) is 22.3. The summed E-state index contributed by atoms with van der Waals surface area (Å²) in [4.78, 5) is 0. The number of furan rings is 1. The maximum atomic E-state index is 6.46. The molecule has 1 aromatic heterocycles. The van der Waals surface area contributed by atoms with Gasteiger partial charge < -0.3 is 4.42 Å². The molecule has 9 rings (SSSR count). The lowest BCUT2D eigenvalue weighted by Gasteiger charge is -2.12. The van der Waals surface area contributed by atoms with Crippen molar-refractivity contribution in [2.75, 3.05) is 0 Å². The van der Waals surface area contributed by atoms with Crippen LogP contribution in [0.3, 0.4) is 0 Å². The van der Waals surface area contributed by atoms with E-state index in [1.807, 2.05) is 6.07 Å². The third kappa shape index (κ3) is 3.32. The minimum absolute atomic E-state index is 0.895. The molecule has 0 atom stereocenters. The van der Waals surface area contributed by atoms with Gasteiger partial charge >= 0.3 is 0 Å². The van der Waals surface area contributed by atoms with Crippen LogP contribution >= 0.6 is 0 Å². The van der Waals surface area contributed by atoms with Gasteiger partial charge in [0.2, 0.25) is 0 Å². The zero-order chi connectivity index (χ0) is 26.9. The minimum atomic E-state index is 0.895. The summed E-state index contributed by atoms with van der Waals surface area (Å²) in [6, 6.07) is 54.1. The lowest BCUT2D eigenvalue weighted by atomic mass is 9.91. The molecule has 0 fully saturated rings. The molecule has 0 spiro atoms. The molecule has 0 aliphatic heterocycles. The molecule has 0 aliphatic rings. The van der Waals surface area contributed by atoms with Crippen molar-refractivity contribution in [2.45, 2.75) is 0 Å². The van der Waals surface area contributed by atoms with Gasteiger partial charge in [-0.15, -0.1) is 0 Å². The van der Waals surface area contributed by atoms with Gasteiger partial charge in [-0.1, -0.05) is 115 Å². The van der Waals surface area contributed by atoms with Crippen LogP contribution in [-0.4, -0.2) is 0 Å². The number of fused-ring (bicyclic) bond motifs is 10. The first-order valence-electron chi connectivity index (χ1n) is 13.9. The van der Waals surface area contributed by atoms with E-state index in [1.54, 1.807) is 0 Å². The Morgan fingerprint density at radius 3 is 1.83 bits per heavy atom. The van der Waals surface area contributed by atoms with Crippen molar-refractivity contribution >= 4 is 65.0 Å². The van der Waals surface area contributed by atoms with Crippen molar-refractivity contribution in [3.8, 4) is 22.3 Å². The van der Waals surface area contributed by atoms with Crippen LogP contribution in [0.5, 0.6) is 0 Å². The predicted octanol–water partition coefficient (Wildman–Crippen LogP) is 11.1. The van der Waals surface area contributed by atoms with E-state index in [0.717, 1.165) is 43.8 Å². The number of hydrogen-bond acceptors (Lipinski definition) is 1. The number of benzene rings is 7. The van der Waals surface area contributed by atoms with Gasteiger partial charge in [-0.05, 0) is 84.7 Å². The molecule has 0 bridgehead atoms. The zero-order valence-electron chi connectivity index (χ0n) is 22.1. The molecule has 0 amide bonds. The van der Waals surface area contributed by atoms with E-state index in [0.29, 0.717) is 0 Å². The Labute approximate surface area is 236 Å². The van der Waals surface area contributed by atoms with E-state index in [1.165, 1.54) is 43.4 Å². The van der Waals surface area contributed by atoms with Gasteiger partial charge in [0.15, 0.2) is 0 Å². The monoisotopic (exact) mass is 518 g/mol. The van der Waals surface area contributed by atoms with Gasteiger partial charge in [-0.2, -0.15) is 0 Å². The third-order valence-corrected chi connectivity index (χ3v) is 8.50. The summed E-state index contributed by atoms with van der Waals surface area (Å²) >= 11 is 0. The topological polar surface area (TPSA) is 13.1 Å². The Bertz CT molecular complexity index is 2420. The van der Waals surface area contributed by atoms with Gasteiger partial charge in [0.1, 0.15) is 11.2 Å². The quantitative estimate of drug-likeness (QED) is 0.207. The van der Waals surface area contributed by atoms with Crippen molar-refractivity contribution in [3.63, 3.8) is 0 Å². The van der Waals surface area contributed by atoms with Crippen LogP contribution in [0.25, 0.3) is 87.3 Å². The first-order valence-corrected chi connectivity index (χ1v) is 13.9. The highest BCUT2D eigenvalue weighted by Gasteiger charge is 2.14. The van der Waals surface area contributed by atoms with Crippen molar-refractivity contribution in [2.24, 2.45) is 0 Å². The molecule has 0 aliphatic carbocycles. The maximum Gasteiger partial charge on any atom is 0.143 e. The van der Waals surface area contributed by atoms with Gasteiger partial charge in [0, 0.05) is 21.7 Å². The normalized spacial score (nSPS) is 11.7. The van der Waals surface area contributed by atoms with E-state index in [9.17, 15) is 0 Å².